The Morgan fingerprint density at radius 1 is 1.44 bits per heavy atom. The Morgan fingerprint density at radius 3 is 2.75 bits per heavy atom. The minimum Gasteiger partial charge on any atom is -0.235 e. The van der Waals surface area contributed by atoms with Crippen molar-refractivity contribution in [1.29, 1.82) is 0 Å². The van der Waals surface area contributed by atoms with Gasteiger partial charge in [-0.2, -0.15) is 4.40 Å². The molecule has 0 spiro atoms. The van der Waals surface area contributed by atoms with Gasteiger partial charge in [0.25, 0.3) is 0 Å². The summed E-state index contributed by atoms with van der Waals surface area (Å²) in [6.45, 7) is 3.98. The molecule has 0 amide bonds. The highest BCUT2D eigenvalue weighted by Crippen LogP contribution is 2.06. The smallest absolute Gasteiger partial charge is 0.139 e. The van der Waals surface area contributed by atoms with E-state index in [4.69, 9.17) is 0 Å². The molecule has 16 heavy (non-hydrogen) atoms. The summed E-state index contributed by atoms with van der Waals surface area (Å²) in [6.07, 6.45) is 1.91. The van der Waals surface area contributed by atoms with E-state index in [2.05, 4.69) is 4.40 Å². The molecular formula is C12H16FNOS. The van der Waals surface area contributed by atoms with E-state index in [0.717, 1.165) is 0 Å². The number of hydrogen-bond donors (Lipinski definition) is 0. The van der Waals surface area contributed by atoms with E-state index in [-0.39, 0.29) is 5.82 Å². The summed E-state index contributed by atoms with van der Waals surface area (Å²) >= 11 is 0. The lowest BCUT2D eigenvalue weighted by Crippen LogP contribution is -2.02. The van der Waals surface area contributed by atoms with E-state index in [9.17, 15) is 8.60 Å². The summed E-state index contributed by atoms with van der Waals surface area (Å²) in [6, 6.07) is 6.53. The van der Waals surface area contributed by atoms with Crippen molar-refractivity contribution in [3.05, 3.63) is 35.6 Å². The summed E-state index contributed by atoms with van der Waals surface area (Å²) in [7, 11) is -1.18. The highest BCUT2D eigenvalue weighted by atomic mass is 32.2. The van der Waals surface area contributed by atoms with E-state index in [0.29, 0.717) is 23.7 Å². The van der Waals surface area contributed by atoms with Gasteiger partial charge in [0.1, 0.15) is 16.8 Å². The molecule has 0 aliphatic carbocycles. The Bertz CT molecular complexity index is 390. The number of rotatable bonds is 5. The van der Waals surface area contributed by atoms with Gasteiger partial charge in [-0.1, -0.05) is 32.0 Å². The number of nitrogens with zero attached hydrogens (tertiary/aromatic N) is 1. The van der Waals surface area contributed by atoms with Crippen LogP contribution in [0.2, 0.25) is 0 Å². The van der Waals surface area contributed by atoms with Crippen LogP contribution in [0.5, 0.6) is 0 Å². The number of hydrogen-bond acceptors (Lipinski definition) is 1. The summed E-state index contributed by atoms with van der Waals surface area (Å²) in [4.78, 5) is 0. The SMILES string of the molecule is CC(C)CS(=O)N=CCc1ccccc1F. The number of benzene rings is 1. The van der Waals surface area contributed by atoms with Gasteiger partial charge in [0.05, 0.1) is 0 Å². The zero-order valence-electron chi connectivity index (χ0n) is 9.52. The second-order valence-corrected chi connectivity index (χ2v) is 5.15. The normalized spacial score (nSPS) is 13.5. The molecule has 0 heterocycles. The van der Waals surface area contributed by atoms with Crippen LogP contribution in [0.4, 0.5) is 4.39 Å². The molecule has 1 aromatic rings. The lowest BCUT2D eigenvalue weighted by Gasteiger charge is -2.00. The molecule has 0 aliphatic rings. The molecule has 1 atom stereocenters. The zero-order chi connectivity index (χ0) is 12.0. The Balaban J connectivity index is 2.49. The molecule has 0 radical (unpaired) electrons. The van der Waals surface area contributed by atoms with Crippen molar-refractivity contribution in [2.75, 3.05) is 5.75 Å². The van der Waals surface area contributed by atoms with Gasteiger partial charge >= 0.3 is 0 Å². The lowest BCUT2D eigenvalue weighted by atomic mass is 10.1. The molecule has 1 rings (SSSR count). The molecule has 0 aliphatic heterocycles. The monoisotopic (exact) mass is 241 g/mol. The second kappa shape index (κ2) is 6.53. The average molecular weight is 241 g/mol. The summed E-state index contributed by atoms with van der Waals surface area (Å²) < 4.78 is 28.4. The standard InChI is InChI=1S/C12H16FNOS/c1-10(2)9-16(15)14-8-7-11-5-3-4-6-12(11)13/h3-6,8,10H,7,9H2,1-2H3. The van der Waals surface area contributed by atoms with E-state index < -0.39 is 11.0 Å². The van der Waals surface area contributed by atoms with Crippen LogP contribution in [0.3, 0.4) is 0 Å². The van der Waals surface area contributed by atoms with Crippen LogP contribution >= 0.6 is 0 Å². The molecule has 0 saturated carbocycles. The van der Waals surface area contributed by atoms with Gasteiger partial charge in [-0.3, -0.25) is 0 Å². The molecule has 0 saturated heterocycles. The van der Waals surface area contributed by atoms with Crippen molar-refractivity contribution < 1.29 is 8.60 Å². The lowest BCUT2D eigenvalue weighted by molar-refractivity contribution is 0.616. The molecule has 0 fully saturated rings. The largest absolute Gasteiger partial charge is 0.235 e. The fraction of sp³-hybridized carbons (Fsp3) is 0.417. The van der Waals surface area contributed by atoms with Gasteiger partial charge in [0, 0.05) is 18.4 Å². The van der Waals surface area contributed by atoms with Crippen molar-refractivity contribution in [2.24, 2.45) is 10.3 Å². The minimum atomic E-state index is -1.18. The Kier molecular flexibility index (Phi) is 5.32. The maximum absolute atomic E-state index is 13.2. The molecule has 0 bridgehead atoms. The van der Waals surface area contributed by atoms with E-state index in [1.165, 1.54) is 12.3 Å². The van der Waals surface area contributed by atoms with Crippen molar-refractivity contribution in [1.82, 2.24) is 0 Å². The van der Waals surface area contributed by atoms with E-state index >= 15 is 0 Å². The molecule has 2 nitrogen and oxygen atoms in total. The molecule has 1 aromatic carbocycles. The van der Waals surface area contributed by atoms with Gasteiger partial charge in [-0.05, 0) is 17.5 Å². The van der Waals surface area contributed by atoms with Crippen molar-refractivity contribution >= 4 is 17.2 Å². The summed E-state index contributed by atoms with van der Waals surface area (Å²) in [5.74, 6) is 0.656. The minimum absolute atomic E-state index is 0.247. The van der Waals surface area contributed by atoms with Crippen molar-refractivity contribution in [3.8, 4) is 0 Å². The predicted octanol–water partition coefficient (Wildman–Crippen LogP) is 2.76. The van der Waals surface area contributed by atoms with Crippen LogP contribution in [-0.2, 0) is 17.4 Å². The molecule has 4 heteroatoms. The second-order valence-electron chi connectivity index (χ2n) is 3.97. The van der Waals surface area contributed by atoms with Crippen molar-refractivity contribution in [2.45, 2.75) is 20.3 Å². The topological polar surface area (TPSA) is 29.4 Å². The van der Waals surface area contributed by atoms with Gasteiger partial charge in [0.2, 0.25) is 0 Å². The highest BCUT2D eigenvalue weighted by molar-refractivity contribution is 7.83. The first-order chi connectivity index (χ1) is 7.59. The quantitative estimate of drug-likeness (QED) is 0.729. The molecule has 1 unspecified atom stereocenters. The third-order valence-electron chi connectivity index (χ3n) is 1.94. The van der Waals surface area contributed by atoms with Crippen LogP contribution in [0.15, 0.2) is 28.7 Å². The van der Waals surface area contributed by atoms with Crippen LogP contribution < -0.4 is 0 Å². The van der Waals surface area contributed by atoms with Gasteiger partial charge < -0.3 is 0 Å². The molecular weight excluding hydrogens is 225 g/mol. The van der Waals surface area contributed by atoms with E-state index in [1.54, 1.807) is 18.2 Å². The molecule has 0 aromatic heterocycles. The Morgan fingerprint density at radius 2 is 2.12 bits per heavy atom. The highest BCUT2D eigenvalue weighted by Gasteiger charge is 2.01. The van der Waals surface area contributed by atoms with Crippen LogP contribution in [-0.4, -0.2) is 16.2 Å². The third kappa shape index (κ3) is 4.66. The maximum Gasteiger partial charge on any atom is 0.139 e. The maximum atomic E-state index is 13.2. The molecule has 88 valence electrons. The zero-order valence-corrected chi connectivity index (χ0v) is 10.3. The van der Waals surface area contributed by atoms with Crippen LogP contribution in [0.1, 0.15) is 19.4 Å². The fourth-order valence-electron chi connectivity index (χ4n) is 1.21. The average Bonchev–Trinajstić information content (AvgIpc) is 2.19. The summed E-state index contributed by atoms with van der Waals surface area (Å²) in [5, 5.41) is 0. The predicted molar refractivity (Wildman–Crippen MR) is 66.4 cm³/mol. The van der Waals surface area contributed by atoms with E-state index in [1.807, 2.05) is 13.8 Å². The van der Waals surface area contributed by atoms with Crippen LogP contribution in [0, 0.1) is 11.7 Å². The van der Waals surface area contributed by atoms with Crippen molar-refractivity contribution in [3.63, 3.8) is 0 Å². The van der Waals surface area contributed by atoms with Crippen LogP contribution in [0.25, 0.3) is 0 Å². The Hall–Kier alpha value is -1.03. The molecule has 0 N–H and O–H groups in total. The van der Waals surface area contributed by atoms with Gasteiger partial charge in [-0.15, -0.1) is 0 Å². The third-order valence-corrected chi connectivity index (χ3v) is 3.27. The first-order valence-corrected chi connectivity index (χ1v) is 6.51. The summed E-state index contributed by atoms with van der Waals surface area (Å²) in [5.41, 5.74) is 0.577. The number of halogens is 1. The fourth-order valence-corrected chi connectivity index (χ4v) is 2.11. The first kappa shape index (κ1) is 13.0. The van der Waals surface area contributed by atoms with Gasteiger partial charge in [0.15, 0.2) is 0 Å². The first-order valence-electron chi connectivity index (χ1n) is 5.24. The van der Waals surface area contributed by atoms with Gasteiger partial charge in [-0.25, -0.2) is 8.60 Å². The Labute approximate surface area is 98.2 Å².